The molecule has 0 heterocycles. The summed E-state index contributed by atoms with van der Waals surface area (Å²) >= 11 is 0. The highest BCUT2D eigenvalue weighted by molar-refractivity contribution is 7.92. The van der Waals surface area contributed by atoms with E-state index in [1.165, 1.54) is 0 Å². The lowest BCUT2D eigenvalue weighted by Gasteiger charge is -2.24. The van der Waals surface area contributed by atoms with Crippen molar-refractivity contribution < 1.29 is 13.6 Å². The maximum Gasteiger partial charge on any atom is 0.153 e. The number of nitrogens with two attached hydrogens (primary N) is 1. The highest BCUT2D eigenvalue weighted by atomic mass is 32.2. The second kappa shape index (κ2) is 8.37. The number of sulfone groups is 1. The van der Waals surface area contributed by atoms with Gasteiger partial charge < -0.3 is 15.8 Å². The highest BCUT2D eigenvalue weighted by Gasteiger charge is 2.18. The zero-order chi connectivity index (χ0) is 15.1. The summed E-state index contributed by atoms with van der Waals surface area (Å²) in [4.78, 5) is 2.04. The van der Waals surface area contributed by atoms with E-state index in [-0.39, 0.29) is 16.8 Å². The predicted molar refractivity (Wildman–Crippen MR) is 78.2 cm³/mol. The Morgan fingerprint density at radius 1 is 1.26 bits per heavy atom. The van der Waals surface area contributed by atoms with Gasteiger partial charge in [0, 0.05) is 26.1 Å². The van der Waals surface area contributed by atoms with E-state index in [0.717, 1.165) is 6.54 Å². The molecule has 0 spiro atoms. The van der Waals surface area contributed by atoms with Gasteiger partial charge in [-0.2, -0.15) is 0 Å². The Hall–Kier alpha value is -0.820. The molecule has 0 rings (SSSR count). The zero-order valence-electron chi connectivity index (χ0n) is 12.3. The maximum absolute atomic E-state index is 11.8. The lowest BCUT2D eigenvalue weighted by molar-refractivity contribution is 0.261. The summed E-state index contributed by atoms with van der Waals surface area (Å²) in [5.74, 6) is 0.752. The average molecular weight is 293 g/mol. The van der Waals surface area contributed by atoms with Crippen molar-refractivity contribution in [1.29, 1.82) is 0 Å². The molecule has 0 aromatic carbocycles. The van der Waals surface area contributed by atoms with Gasteiger partial charge in [-0.25, -0.2) is 8.42 Å². The molecule has 3 N–H and O–H groups in total. The Morgan fingerprint density at radius 3 is 2.26 bits per heavy atom. The topological polar surface area (TPSA) is 96.0 Å². The molecule has 0 aliphatic heterocycles. The molecular formula is C12H27N3O3S. The number of hydrogen-bond acceptors (Lipinski definition) is 5. The first kappa shape index (κ1) is 18.2. The van der Waals surface area contributed by atoms with Crippen molar-refractivity contribution in [2.24, 2.45) is 16.8 Å². The molecule has 19 heavy (non-hydrogen) atoms. The first-order chi connectivity index (χ1) is 8.69. The molecule has 0 aliphatic carbocycles. The predicted octanol–water partition coefficient (Wildman–Crippen LogP) is 0.904. The van der Waals surface area contributed by atoms with Gasteiger partial charge in [0.05, 0.1) is 11.0 Å². The molecule has 6 nitrogen and oxygen atoms in total. The minimum Gasteiger partial charge on any atom is -0.409 e. The maximum atomic E-state index is 11.8. The summed E-state index contributed by atoms with van der Waals surface area (Å²) in [6, 6.07) is 0. The fourth-order valence-corrected chi connectivity index (χ4v) is 2.61. The van der Waals surface area contributed by atoms with E-state index in [2.05, 4.69) is 19.0 Å². The number of rotatable bonds is 9. The van der Waals surface area contributed by atoms with E-state index >= 15 is 0 Å². The first-order valence-corrected chi connectivity index (χ1v) is 8.31. The van der Waals surface area contributed by atoms with Crippen molar-refractivity contribution in [1.82, 2.24) is 4.90 Å². The second-order valence-electron chi connectivity index (χ2n) is 5.45. The van der Waals surface area contributed by atoms with Gasteiger partial charge in [0.25, 0.3) is 0 Å². The van der Waals surface area contributed by atoms with E-state index in [0.29, 0.717) is 25.4 Å². The van der Waals surface area contributed by atoms with Crippen LogP contribution in [0.25, 0.3) is 0 Å². The lowest BCUT2D eigenvalue weighted by atomic mass is 10.2. The van der Waals surface area contributed by atoms with Gasteiger partial charge in [0.1, 0.15) is 5.84 Å². The molecule has 0 unspecified atom stereocenters. The number of hydrogen-bond donors (Lipinski definition) is 2. The molecule has 0 fully saturated rings. The third-order valence-electron chi connectivity index (χ3n) is 2.85. The van der Waals surface area contributed by atoms with E-state index in [4.69, 9.17) is 10.9 Å². The molecule has 0 saturated heterocycles. The third kappa shape index (κ3) is 8.05. The Balaban J connectivity index is 4.44. The van der Waals surface area contributed by atoms with Gasteiger partial charge in [0.2, 0.25) is 0 Å². The van der Waals surface area contributed by atoms with E-state index in [1.807, 2.05) is 4.90 Å². The summed E-state index contributed by atoms with van der Waals surface area (Å²) in [7, 11) is -3.03. The van der Waals surface area contributed by atoms with Crippen molar-refractivity contribution in [3.63, 3.8) is 0 Å². The number of amidine groups is 1. The summed E-state index contributed by atoms with van der Waals surface area (Å²) in [6.45, 7) is 9.42. The van der Waals surface area contributed by atoms with E-state index < -0.39 is 9.84 Å². The summed E-state index contributed by atoms with van der Waals surface area (Å²) in [6.07, 6.45) is 0.435. The largest absolute Gasteiger partial charge is 0.409 e. The molecule has 0 saturated carbocycles. The van der Waals surface area contributed by atoms with Crippen LogP contribution in [0.15, 0.2) is 5.16 Å². The lowest BCUT2D eigenvalue weighted by Crippen LogP contribution is -2.36. The molecule has 0 amide bonds. The average Bonchev–Trinajstić information content (AvgIpc) is 2.31. The minimum absolute atomic E-state index is 0.146. The Kier molecular flexibility index (Phi) is 8.01. The minimum atomic E-state index is -3.03. The zero-order valence-corrected chi connectivity index (χ0v) is 13.2. The Bertz CT molecular complexity index is 378. The van der Waals surface area contributed by atoms with Crippen LogP contribution in [-0.4, -0.2) is 55.0 Å². The van der Waals surface area contributed by atoms with Gasteiger partial charge in [-0.1, -0.05) is 19.0 Å². The van der Waals surface area contributed by atoms with Gasteiger partial charge in [-0.3, -0.25) is 0 Å². The normalized spacial score (nSPS) is 13.7. The molecule has 0 aromatic heterocycles. The van der Waals surface area contributed by atoms with Gasteiger partial charge >= 0.3 is 0 Å². The summed E-state index contributed by atoms with van der Waals surface area (Å²) in [5.41, 5.74) is 5.44. The standard InChI is InChI=1S/C12H27N3O3S/c1-10(2)9-15(6-5-12(13)14-16)7-8-19(17,18)11(3)4/h10-11,16H,5-9H2,1-4H3,(H2,13,14). The highest BCUT2D eigenvalue weighted by Crippen LogP contribution is 2.05. The van der Waals surface area contributed by atoms with E-state index in [9.17, 15) is 8.42 Å². The smallest absolute Gasteiger partial charge is 0.153 e. The van der Waals surface area contributed by atoms with Crippen LogP contribution < -0.4 is 5.73 Å². The third-order valence-corrected chi connectivity index (χ3v) is 5.03. The van der Waals surface area contributed by atoms with Crippen LogP contribution in [0.4, 0.5) is 0 Å². The van der Waals surface area contributed by atoms with Crippen LogP contribution in [-0.2, 0) is 9.84 Å². The molecular weight excluding hydrogens is 266 g/mol. The molecule has 0 aromatic rings. The van der Waals surface area contributed by atoms with Crippen molar-refractivity contribution in [2.75, 3.05) is 25.4 Å². The molecule has 0 aliphatic rings. The van der Waals surface area contributed by atoms with Gasteiger partial charge in [-0.05, 0) is 19.8 Å². The molecule has 7 heteroatoms. The van der Waals surface area contributed by atoms with Crippen molar-refractivity contribution in [2.45, 2.75) is 39.4 Å². The van der Waals surface area contributed by atoms with Crippen molar-refractivity contribution in [3.05, 3.63) is 0 Å². The molecule has 0 radical (unpaired) electrons. The fraction of sp³-hybridized carbons (Fsp3) is 0.917. The Labute approximate surface area is 116 Å². The number of oxime groups is 1. The SMILES string of the molecule is CC(C)CN(CCC(N)=NO)CCS(=O)(=O)C(C)C. The van der Waals surface area contributed by atoms with Crippen molar-refractivity contribution in [3.8, 4) is 0 Å². The van der Waals surface area contributed by atoms with Crippen molar-refractivity contribution >= 4 is 15.7 Å². The summed E-state index contributed by atoms with van der Waals surface area (Å²) in [5, 5.41) is 11.1. The Morgan fingerprint density at radius 2 is 1.84 bits per heavy atom. The van der Waals surface area contributed by atoms with Crippen LogP contribution in [0, 0.1) is 5.92 Å². The monoisotopic (exact) mass is 293 g/mol. The van der Waals surface area contributed by atoms with Crippen LogP contribution in [0.1, 0.15) is 34.1 Å². The van der Waals surface area contributed by atoms with Crippen LogP contribution in [0.2, 0.25) is 0 Å². The van der Waals surface area contributed by atoms with Gasteiger partial charge in [-0.15, -0.1) is 0 Å². The first-order valence-electron chi connectivity index (χ1n) is 6.59. The molecule has 0 atom stereocenters. The van der Waals surface area contributed by atoms with Gasteiger partial charge in [0.15, 0.2) is 9.84 Å². The summed E-state index contributed by atoms with van der Waals surface area (Å²) < 4.78 is 23.6. The molecule has 0 bridgehead atoms. The van der Waals surface area contributed by atoms with Crippen LogP contribution in [0.5, 0.6) is 0 Å². The van der Waals surface area contributed by atoms with Crippen LogP contribution >= 0.6 is 0 Å². The molecule has 114 valence electrons. The fourth-order valence-electron chi connectivity index (χ4n) is 1.63. The van der Waals surface area contributed by atoms with E-state index in [1.54, 1.807) is 13.8 Å². The van der Waals surface area contributed by atoms with Crippen LogP contribution in [0.3, 0.4) is 0 Å². The number of nitrogens with zero attached hydrogens (tertiary/aromatic N) is 2. The second-order valence-corrected chi connectivity index (χ2v) is 8.13. The quantitative estimate of drug-likeness (QED) is 0.285.